The molecular formula is C15H21F3N2O. The van der Waals surface area contributed by atoms with Crippen LogP contribution in [-0.4, -0.2) is 48.1 Å². The number of nitrogens with zero attached hydrogens (tertiary/aromatic N) is 2. The maximum absolute atomic E-state index is 12.8. The van der Waals surface area contributed by atoms with Crippen molar-refractivity contribution < 1.29 is 18.3 Å². The third-order valence-electron chi connectivity index (χ3n) is 4.02. The van der Waals surface area contributed by atoms with Crippen LogP contribution in [-0.2, 0) is 12.7 Å². The summed E-state index contributed by atoms with van der Waals surface area (Å²) in [6.07, 6.45) is -2.36. The Bertz CT molecular complexity index is 490. The van der Waals surface area contributed by atoms with Crippen LogP contribution >= 0.6 is 0 Å². The Kier molecular flexibility index (Phi) is 4.78. The fourth-order valence-corrected chi connectivity index (χ4v) is 2.82. The smallest absolute Gasteiger partial charge is 0.419 e. The quantitative estimate of drug-likeness (QED) is 0.930. The molecule has 6 heteroatoms. The summed E-state index contributed by atoms with van der Waals surface area (Å²) in [5.41, 5.74) is -0.398. The average molecular weight is 302 g/mol. The predicted molar refractivity (Wildman–Crippen MR) is 75.1 cm³/mol. The second kappa shape index (κ2) is 6.23. The van der Waals surface area contributed by atoms with Gasteiger partial charge in [-0.3, -0.25) is 4.90 Å². The Morgan fingerprint density at radius 3 is 2.71 bits per heavy atom. The van der Waals surface area contributed by atoms with Gasteiger partial charge in [-0.2, -0.15) is 13.2 Å². The number of benzene rings is 1. The Balaban J connectivity index is 2.09. The summed E-state index contributed by atoms with van der Waals surface area (Å²) >= 11 is 0. The van der Waals surface area contributed by atoms with Gasteiger partial charge >= 0.3 is 6.18 Å². The second-order valence-corrected chi connectivity index (χ2v) is 5.82. The van der Waals surface area contributed by atoms with E-state index in [-0.39, 0.29) is 0 Å². The fraction of sp³-hybridized carbons (Fsp3) is 0.600. The zero-order chi connectivity index (χ0) is 15.6. The van der Waals surface area contributed by atoms with E-state index in [0.29, 0.717) is 18.2 Å². The number of alkyl halides is 3. The van der Waals surface area contributed by atoms with Crippen molar-refractivity contribution >= 4 is 0 Å². The van der Waals surface area contributed by atoms with E-state index >= 15 is 0 Å². The first kappa shape index (κ1) is 16.1. The molecule has 0 saturated carbocycles. The molecule has 1 heterocycles. The summed E-state index contributed by atoms with van der Waals surface area (Å²) < 4.78 is 38.4. The van der Waals surface area contributed by atoms with Gasteiger partial charge in [0.15, 0.2) is 0 Å². The van der Waals surface area contributed by atoms with Crippen LogP contribution < -0.4 is 0 Å². The van der Waals surface area contributed by atoms with Crippen LogP contribution in [0.1, 0.15) is 24.0 Å². The number of phenolic OH excluding ortho intramolecular Hbond substituents is 1. The summed E-state index contributed by atoms with van der Waals surface area (Å²) in [4.78, 5) is 4.32. The number of hydrogen-bond donors (Lipinski definition) is 1. The fourth-order valence-electron chi connectivity index (χ4n) is 2.82. The summed E-state index contributed by atoms with van der Waals surface area (Å²) in [5.74, 6) is -0.716. The summed E-state index contributed by atoms with van der Waals surface area (Å²) in [5, 5.41) is 9.35. The van der Waals surface area contributed by atoms with E-state index in [0.717, 1.165) is 38.1 Å². The van der Waals surface area contributed by atoms with Gasteiger partial charge in [-0.25, -0.2) is 0 Å². The summed E-state index contributed by atoms with van der Waals surface area (Å²) in [7, 11) is 3.99. The normalized spacial score (nSPS) is 21.0. The van der Waals surface area contributed by atoms with Crippen LogP contribution in [0.5, 0.6) is 5.75 Å². The van der Waals surface area contributed by atoms with Crippen molar-refractivity contribution in [3.63, 3.8) is 0 Å². The highest BCUT2D eigenvalue weighted by Crippen LogP contribution is 2.36. The average Bonchev–Trinajstić information content (AvgIpc) is 2.39. The van der Waals surface area contributed by atoms with Crippen LogP contribution in [0.15, 0.2) is 18.2 Å². The van der Waals surface area contributed by atoms with Crippen molar-refractivity contribution in [3.8, 4) is 5.75 Å². The number of rotatable bonds is 3. The standard InChI is InChI=1S/C15H21F3N2O/c1-19-7-3-4-12(10-19)20(2)9-11-5-6-14(21)13(8-11)15(16,17)18/h5-6,8,12,21H,3-4,7,9-10H2,1-2H3. The van der Waals surface area contributed by atoms with Crippen LogP contribution in [0.4, 0.5) is 13.2 Å². The molecule has 21 heavy (non-hydrogen) atoms. The van der Waals surface area contributed by atoms with Crippen molar-refractivity contribution in [1.82, 2.24) is 9.80 Å². The Morgan fingerprint density at radius 2 is 2.10 bits per heavy atom. The minimum absolute atomic E-state index is 0.354. The SMILES string of the molecule is CN1CCCC(N(C)Cc2ccc(O)c(C(F)(F)F)c2)C1. The number of aromatic hydroxyl groups is 1. The highest BCUT2D eigenvalue weighted by molar-refractivity contribution is 5.38. The van der Waals surface area contributed by atoms with Crippen molar-refractivity contribution in [3.05, 3.63) is 29.3 Å². The highest BCUT2D eigenvalue weighted by Gasteiger charge is 2.34. The molecule has 0 spiro atoms. The second-order valence-electron chi connectivity index (χ2n) is 5.82. The van der Waals surface area contributed by atoms with E-state index in [2.05, 4.69) is 16.8 Å². The van der Waals surface area contributed by atoms with Crippen LogP contribution in [0.25, 0.3) is 0 Å². The Hall–Kier alpha value is -1.27. The van der Waals surface area contributed by atoms with Crippen LogP contribution in [0, 0.1) is 0 Å². The first-order valence-corrected chi connectivity index (χ1v) is 7.05. The first-order chi connectivity index (χ1) is 9.77. The van der Waals surface area contributed by atoms with Crippen molar-refractivity contribution in [2.75, 3.05) is 27.2 Å². The molecule has 1 aliphatic rings. The molecule has 1 fully saturated rings. The van der Waals surface area contributed by atoms with E-state index in [1.54, 1.807) is 6.07 Å². The maximum atomic E-state index is 12.8. The van der Waals surface area contributed by atoms with E-state index in [1.165, 1.54) is 0 Å². The monoisotopic (exact) mass is 302 g/mol. The zero-order valence-electron chi connectivity index (χ0n) is 12.3. The molecule has 3 nitrogen and oxygen atoms in total. The highest BCUT2D eigenvalue weighted by atomic mass is 19.4. The van der Waals surface area contributed by atoms with Crippen molar-refractivity contribution in [2.24, 2.45) is 0 Å². The van der Waals surface area contributed by atoms with Gasteiger partial charge < -0.3 is 10.0 Å². The van der Waals surface area contributed by atoms with E-state index in [9.17, 15) is 18.3 Å². The van der Waals surface area contributed by atoms with Gasteiger partial charge in [0.05, 0.1) is 5.56 Å². The molecular weight excluding hydrogens is 281 g/mol. The van der Waals surface area contributed by atoms with Gasteiger partial charge in [-0.15, -0.1) is 0 Å². The summed E-state index contributed by atoms with van der Waals surface area (Å²) in [6.45, 7) is 2.45. The number of likely N-dealkylation sites (tertiary alicyclic amines) is 1. The minimum atomic E-state index is -4.52. The molecule has 1 N–H and O–H groups in total. The number of likely N-dealkylation sites (N-methyl/N-ethyl adjacent to an activating group) is 2. The van der Waals surface area contributed by atoms with Crippen molar-refractivity contribution in [1.29, 1.82) is 0 Å². The van der Waals surface area contributed by atoms with E-state index in [4.69, 9.17) is 0 Å². The Labute approximate surface area is 123 Å². The molecule has 1 aliphatic heterocycles. The van der Waals surface area contributed by atoms with E-state index in [1.807, 2.05) is 7.05 Å². The maximum Gasteiger partial charge on any atom is 0.419 e. The molecule has 0 bridgehead atoms. The molecule has 1 aromatic carbocycles. The third kappa shape index (κ3) is 4.11. The number of phenols is 1. The molecule has 0 aliphatic carbocycles. The molecule has 1 atom stereocenters. The lowest BCUT2D eigenvalue weighted by Gasteiger charge is -2.36. The topological polar surface area (TPSA) is 26.7 Å². The number of halogens is 3. The lowest BCUT2D eigenvalue weighted by atomic mass is 10.0. The first-order valence-electron chi connectivity index (χ1n) is 7.05. The molecule has 1 saturated heterocycles. The minimum Gasteiger partial charge on any atom is -0.507 e. The van der Waals surface area contributed by atoms with Gasteiger partial charge in [0.1, 0.15) is 5.75 Å². The van der Waals surface area contributed by atoms with Crippen molar-refractivity contribution in [2.45, 2.75) is 31.6 Å². The molecule has 0 amide bonds. The van der Waals surface area contributed by atoms with E-state index < -0.39 is 17.5 Å². The van der Waals surface area contributed by atoms with Crippen LogP contribution in [0.3, 0.4) is 0 Å². The predicted octanol–water partition coefficient (Wildman–Crippen LogP) is 2.94. The number of hydrogen-bond acceptors (Lipinski definition) is 3. The van der Waals surface area contributed by atoms with Gasteiger partial charge in [0.25, 0.3) is 0 Å². The van der Waals surface area contributed by atoms with Crippen LogP contribution in [0.2, 0.25) is 0 Å². The summed E-state index contributed by atoms with van der Waals surface area (Å²) in [6, 6.07) is 4.07. The third-order valence-corrected chi connectivity index (χ3v) is 4.02. The van der Waals surface area contributed by atoms with Gasteiger partial charge in [0, 0.05) is 19.1 Å². The number of piperidine rings is 1. The Morgan fingerprint density at radius 1 is 1.38 bits per heavy atom. The lowest BCUT2D eigenvalue weighted by molar-refractivity contribution is -0.138. The van der Waals surface area contributed by atoms with Gasteiger partial charge in [-0.1, -0.05) is 6.07 Å². The van der Waals surface area contributed by atoms with Gasteiger partial charge in [-0.05, 0) is 51.2 Å². The molecule has 0 radical (unpaired) electrons. The zero-order valence-corrected chi connectivity index (χ0v) is 12.3. The molecule has 1 unspecified atom stereocenters. The molecule has 118 valence electrons. The molecule has 0 aromatic heterocycles. The lowest BCUT2D eigenvalue weighted by Crippen LogP contribution is -2.44. The largest absolute Gasteiger partial charge is 0.507 e. The molecule has 1 aromatic rings. The molecule has 2 rings (SSSR count). The van der Waals surface area contributed by atoms with Gasteiger partial charge in [0.2, 0.25) is 0 Å².